The van der Waals surface area contributed by atoms with Gasteiger partial charge >= 0.3 is 0 Å². The van der Waals surface area contributed by atoms with Crippen LogP contribution in [0.5, 0.6) is 11.5 Å². The van der Waals surface area contributed by atoms with Crippen molar-refractivity contribution < 1.29 is 9.47 Å². The summed E-state index contributed by atoms with van der Waals surface area (Å²) in [6.45, 7) is 2.24. The molecule has 1 heterocycles. The molecule has 1 aromatic carbocycles. The highest BCUT2D eigenvalue weighted by molar-refractivity contribution is 9.10. The number of ether oxygens (including phenoxy) is 2. The van der Waals surface area contributed by atoms with Crippen LogP contribution < -0.4 is 9.47 Å². The zero-order chi connectivity index (χ0) is 14.5. The van der Waals surface area contributed by atoms with E-state index in [9.17, 15) is 0 Å². The van der Waals surface area contributed by atoms with E-state index in [0.717, 1.165) is 17.0 Å². The van der Waals surface area contributed by atoms with Crippen molar-refractivity contribution in [3.8, 4) is 17.6 Å². The number of aromatic nitrogens is 1. The monoisotopic (exact) mass is 332 g/mol. The van der Waals surface area contributed by atoms with Gasteiger partial charge in [0.1, 0.15) is 34.3 Å². The summed E-state index contributed by atoms with van der Waals surface area (Å²) in [5.41, 5.74) is 2.20. The van der Waals surface area contributed by atoms with E-state index in [4.69, 9.17) is 14.7 Å². The molecule has 102 valence electrons. The number of rotatable bonds is 4. The third-order valence-corrected chi connectivity index (χ3v) is 3.31. The van der Waals surface area contributed by atoms with Gasteiger partial charge in [-0.2, -0.15) is 5.26 Å². The molecule has 0 bridgehead atoms. The zero-order valence-electron chi connectivity index (χ0n) is 11.2. The Morgan fingerprint density at radius 1 is 1.30 bits per heavy atom. The van der Waals surface area contributed by atoms with E-state index in [1.807, 2.05) is 31.2 Å². The number of hydrogen-bond donors (Lipinski definition) is 0. The molecule has 0 amide bonds. The molecule has 0 saturated heterocycles. The van der Waals surface area contributed by atoms with Crippen molar-refractivity contribution in [2.24, 2.45) is 0 Å². The van der Waals surface area contributed by atoms with Crippen LogP contribution in [0.1, 0.15) is 16.8 Å². The number of aryl methyl sites for hydroxylation is 1. The number of hydrogen-bond acceptors (Lipinski definition) is 4. The lowest BCUT2D eigenvalue weighted by molar-refractivity contribution is 0.304. The standard InChI is InChI=1S/C15H13BrN2O2/c1-10-7-14(13(8-17)15(16)18-10)20-9-11-3-5-12(19-2)6-4-11/h3-7H,9H2,1-2H3. The van der Waals surface area contributed by atoms with Crippen LogP contribution >= 0.6 is 15.9 Å². The van der Waals surface area contributed by atoms with Crippen LogP contribution in [0, 0.1) is 18.3 Å². The van der Waals surface area contributed by atoms with Gasteiger partial charge in [-0.05, 0) is 40.5 Å². The van der Waals surface area contributed by atoms with Crippen molar-refractivity contribution in [1.29, 1.82) is 5.26 Å². The molecule has 2 aromatic rings. The Kier molecular flexibility index (Phi) is 4.59. The first-order chi connectivity index (χ1) is 9.63. The Labute approximate surface area is 126 Å². The molecule has 0 aliphatic heterocycles. The molecule has 0 fully saturated rings. The van der Waals surface area contributed by atoms with Crippen LogP contribution in [-0.4, -0.2) is 12.1 Å². The summed E-state index contributed by atoms with van der Waals surface area (Å²) < 4.78 is 11.3. The van der Waals surface area contributed by atoms with Crippen LogP contribution in [0.2, 0.25) is 0 Å². The molecule has 0 aliphatic carbocycles. The number of nitriles is 1. The lowest BCUT2D eigenvalue weighted by atomic mass is 10.2. The van der Waals surface area contributed by atoms with Gasteiger partial charge < -0.3 is 9.47 Å². The van der Waals surface area contributed by atoms with Gasteiger partial charge in [0.2, 0.25) is 0 Å². The van der Waals surface area contributed by atoms with Gasteiger partial charge in [-0.25, -0.2) is 4.98 Å². The predicted molar refractivity (Wildman–Crippen MR) is 78.7 cm³/mol. The second-order valence-corrected chi connectivity index (χ2v) is 4.93. The van der Waals surface area contributed by atoms with Crippen molar-refractivity contribution in [2.45, 2.75) is 13.5 Å². The summed E-state index contributed by atoms with van der Waals surface area (Å²) >= 11 is 3.27. The first kappa shape index (κ1) is 14.4. The van der Waals surface area contributed by atoms with Gasteiger partial charge in [0, 0.05) is 11.8 Å². The van der Waals surface area contributed by atoms with Gasteiger partial charge in [0.15, 0.2) is 0 Å². The maximum atomic E-state index is 9.14. The maximum absolute atomic E-state index is 9.14. The predicted octanol–water partition coefficient (Wildman–Crippen LogP) is 3.61. The van der Waals surface area contributed by atoms with Gasteiger partial charge in [-0.1, -0.05) is 12.1 Å². The smallest absolute Gasteiger partial charge is 0.142 e. The molecule has 5 heteroatoms. The summed E-state index contributed by atoms with van der Waals surface area (Å²) in [6, 6.07) is 11.4. The molecule has 0 N–H and O–H groups in total. The molecule has 0 radical (unpaired) electrons. The summed E-state index contributed by atoms with van der Waals surface area (Å²) in [7, 11) is 1.63. The second-order valence-electron chi connectivity index (χ2n) is 4.18. The Balaban J connectivity index is 2.16. The molecular formula is C15H13BrN2O2. The van der Waals surface area contributed by atoms with Crippen molar-refractivity contribution in [2.75, 3.05) is 7.11 Å². The van der Waals surface area contributed by atoms with Crippen molar-refractivity contribution >= 4 is 15.9 Å². The maximum Gasteiger partial charge on any atom is 0.142 e. The number of benzene rings is 1. The fourth-order valence-electron chi connectivity index (χ4n) is 1.70. The highest BCUT2D eigenvalue weighted by Gasteiger charge is 2.10. The lowest BCUT2D eigenvalue weighted by Gasteiger charge is -2.10. The molecular weight excluding hydrogens is 320 g/mol. The van der Waals surface area contributed by atoms with Gasteiger partial charge in [-0.3, -0.25) is 0 Å². The molecule has 2 rings (SSSR count). The van der Waals surface area contributed by atoms with Crippen molar-refractivity contribution in [1.82, 2.24) is 4.98 Å². The van der Waals surface area contributed by atoms with Crippen LogP contribution in [-0.2, 0) is 6.61 Å². The summed E-state index contributed by atoms with van der Waals surface area (Å²) in [5, 5.41) is 9.14. The summed E-state index contributed by atoms with van der Waals surface area (Å²) in [5.74, 6) is 1.33. The number of nitrogens with zero attached hydrogens (tertiary/aromatic N) is 2. The fraction of sp³-hybridized carbons (Fsp3) is 0.200. The summed E-state index contributed by atoms with van der Waals surface area (Å²) in [6.07, 6.45) is 0. The minimum absolute atomic E-state index is 0.383. The van der Waals surface area contributed by atoms with Gasteiger partial charge in [0.05, 0.1) is 7.11 Å². The largest absolute Gasteiger partial charge is 0.497 e. The van der Waals surface area contributed by atoms with E-state index >= 15 is 0 Å². The third kappa shape index (κ3) is 3.28. The Hall–Kier alpha value is -2.06. The zero-order valence-corrected chi connectivity index (χ0v) is 12.8. The average molecular weight is 333 g/mol. The first-order valence-electron chi connectivity index (χ1n) is 5.97. The molecule has 0 aliphatic rings. The SMILES string of the molecule is COc1ccc(COc2cc(C)nc(Br)c2C#N)cc1. The third-order valence-electron chi connectivity index (χ3n) is 2.73. The van der Waals surface area contributed by atoms with E-state index < -0.39 is 0 Å². The highest BCUT2D eigenvalue weighted by atomic mass is 79.9. The number of methoxy groups -OCH3 is 1. The topological polar surface area (TPSA) is 55.1 Å². The molecule has 4 nitrogen and oxygen atoms in total. The van der Waals surface area contributed by atoms with Gasteiger partial charge in [-0.15, -0.1) is 0 Å². The molecule has 0 saturated carbocycles. The molecule has 0 unspecified atom stereocenters. The van der Waals surface area contributed by atoms with Crippen molar-refractivity contribution in [3.63, 3.8) is 0 Å². The molecule has 0 spiro atoms. The van der Waals surface area contributed by atoms with E-state index in [1.54, 1.807) is 13.2 Å². The molecule has 1 aromatic heterocycles. The number of pyridine rings is 1. The van der Waals surface area contributed by atoms with Crippen molar-refractivity contribution in [3.05, 3.63) is 51.8 Å². The lowest BCUT2D eigenvalue weighted by Crippen LogP contribution is -2.00. The van der Waals surface area contributed by atoms with Crippen LogP contribution in [0.3, 0.4) is 0 Å². The van der Waals surface area contributed by atoms with Crippen LogP contribution in [0.4, 0.5) is 0 Å². The Bertz CT molecular complexity index is 648. The van der Waals surface area contributed by atoms with E-state index in [1.165, 1.54) is 0 Å². The number of halogens is 1. The van der Waals surface area contributed by atoms with Gasteiger partial charge in [0.25, 0.3) is 0 Å². The average Bonchev–Trinajstić information content (AvgIpc) is 2.45. The first-order valence-corrected chi connectivity index (χ1v) is 6.76. The second kappa shape index (κ2) is 6.40. The molecule has 20 heavy (non-hydrogen) atoms. The minimum atomic E-state index is 0.383. The van der Waals surface area contributed by atoms with Crippen LogP contribution in [0.15, 0.2) is 34.9 Å². The van der Waals surface area contributed by atoms with E-state index in [0.29, 0.717) is 22.5 Å². The molecule has 0 atom stereocenters. The van der Waals surface area contributed by atoms with E-state index in [-0.39, 0.29) is 0 Å². The normalized spacial score (nSPS) is 9.90. The fourth-order valence-corrected chi connectivity index (χ4v) is 2.27. The highest BCUT2D eigenvalue weighted by Crippen LogP contribution is 2.26. The van der Waals surface area contributed by atoms with Crippen LogP contribution in [0.25, 0.3) is 0 Å². The quantitative estimate of drug-likeness (QED) is 0.802. The Morgan fingerprint density at radius 3 is 2.60 bits per heavy atom. The summed E-state index contributed by atoms with van der Waals surface area (Å²) in [4.78, 5) is 4.18. The van der Waals surface area contributed by atoms with E-state index in [2.05, 4.69) is 27.0 Å². The minimum Gasteiger partial charge on any atom is -0.497 e. The Morgan fingerprint density at radius 2 is 2.00 bits per heavy atom.